The van der Waals surface area contributed by atoms with E-state index in [9.17, 15) is 4.79 Å². The van der Waals surface area contributed by atoms with Crippen LogP contribution in [0.15, 0.2) is 5.38 Å². The molecule has 0 spiro atoms. The molecule has 0 radical (unpaired) electrons. The van der Waals surface area contributed by atoms with Crippen molar-refractivity contribution in [2.45, 2.75) is 33.1 Å². The SMILES string of the molecule is CCCC(CCO)CNC(=O)Nc1nc(C)cs1. The van der Waals surface area contributed by atoms with Gasteiger partial charge in [-0.2, -0.15) is 0 Å². The normalized spacial score (nSPS) is 12.2. The number of hydrogen-bond acceptors (Lipinski definition) is 4. The molecule has 18 heavy (non-hydrogen) atoms. The molecule has 3 N–H and O–H groups in total. The molecule has 1 unspecified atom stereocenters. The molecule has 0 fully saturated rings. The van der Waals surface area contributed by atoms with Gasteiger partial charge in [0, 0.05) is 18.5 Å². The number of thiazole rings is 1. The number of aliphatic hydroxyl groups excluding tert-OH is 1. The van der Waals surface area contributed by atoms with Crippen molar-refractivity contribution < 1.29 is 9.90 Å². The molecular formula is C12H21N3O2S. The molecule has 0 saturated heterocycles. The summed E-state index contributed by atoms with van der Waals surface area (Å²) in [7, 11) is 0. The minimum Gasteiger partial charge on any atom is -0.396 e. The fourth-order valence-corrected chi connectivity index (χ4v) is 2.41. The number of hydrogen-bond donors (Lipinski definition) is 3. The van der Waals surface area contributed by atoms with Crippen LogP contribution in [0.25, 0.3) is 0 Å². The van der Waals surface area contributed by atoms with Crippen LogP contribution in [-0.2, 0) is 0 Å². The maximum absolute atomic E-state index is 11.6. The second-order valence-corrected chi connectivity index (χ2v) is 5.15. The zero-order valence-corrected chi connectivity index (χ0v) is 11.7. The molecule has 5 nitrogen and oxygen atoms in total. The van der Waals surface area contributed by atoms with Crippen LogP contribution in [-0.4, -0.2) is 29.3 Å². The molecule has 1 atom stereocenters. The van der Waals surface area contributed by atoms with E-state index in [2.05, 4.69) is 22.5 Å². The Morgan fingerprint density at radius 1 is 1.56 bits per heavy atom. The van der Waals surface area contributed by atoms with Crippen molar-refractivity contribution >= 4 is 22.5 Å². The van der Waals surface area contributed by atoms with Gasteiger partial charge in [-0.15, -0.1) is 11.3 Å². The first kappa shape index (κ1) is 14.9. The number of rotatable bonds is 7. The molecule has 0 aliphatic heterocycles. The van der Waals surface area contributed by atoms with Crippen molar-refractivity contribution in [2.24, 2.45) is 5.92 Å². The zero-order valence-electron chi connectivity index (χ0n) is 10.9. The highest BCUT2D eigenvalue weighted by molar-refractivity contribution is 7.13. The third-order valence-electron chi connectivity index (χ3n) is 2.63. The first-order valence-electron chi connectivity index (χ1n) is 6.23. The molecule has 2 amide bonds. The lowest BCUT2D eigenvalue weighted by atomic mass is 10.0. The van der Waals surface area contributed by atoms with Crippen LogP contribution in [0.2, 0.25) is 0 Å². The second kappa shape index (κ2) is 8.05. The molecule has 1 heterocycles. The summed E-state index contributed by atoms with van der Waals surface area (Å²) in [5.41, 5.74) is 0.902. The van der Waals surface area contributed by atoms with Crippen molar-refractivity contribution in [3.63, 3.8) is 0 Å². The van der Waals surface area contributed by atoms with Gasteiger partial charge < -0.3 is 10.4 Å². The number of aryl methyl sites for hydroxylation is 1. The van der Waals surface area contributed by atoms with Gasteiger partial charge in [-0.1, -0.05) is 13.3 Å². The highest BCUT2D eigenvalue weighted by Gasteiger charge is 2.10. The van der Waals surface area contributed by atoms with E-state index in [1.807, 2.05) is 12.3 Å². The Kier molecular flexibility index (Phi) is 6.67. The van der Waals surface area contributed by atoms with Gasteiger partial charge in [-0.3, -0.25) is 5.32 Å². The van der Waals surface area contributed by atoms with Crippen molar-refractivity contribution in [2.75, 3.05) is 18.5 Å². The minimum atomic E-state index is -0.233. The predicted octanol–water partition coefficient (Wildman–Crippen LogP) is 2.37. The number of aromatic nitrogens is 1. The van der Waals surface area contributed by atoms with Crippen LogP contribution in [0.4, 0.5) is 9.93 Å². The van der Waals surface area contributed by atoms with Gasteiger partial charge in [0.25, 0.3) is 0 Å². The maximum Gasteiger partial charge on any atom is 0.321 e. The Labute approximate surface area is 112 Å². The van der Waals surface area contributed by atoms with E-state index in [4.69, 9.17) is 5.11 Å². The molecule has 6 heteroatoms. The molecule has 1 aromatic rings. The number of anilines is 1. The standard InChI is InChI=1S/C12H21N3O2S/c1-3-4-10(5-6-16)7-13-11(17)15-12-14-9(2)8-18-12/h8,10,16H,3-7H2,1-2H3,(H2,13,14,15,17). The minimum absolute atomic E-state index is 0.166. The highest BCUT2D eigenvalue weighted by Crippen LogP contribution is 2.14. The lowest BCUT2D eigenvalue weighted by Gasteiger charge is -2.15. The maximum atomic E-state index is 11.6. The Hall–Kier alpha value is -1.14. The van der Waals surface area contributed by atoms with Crippen molar-refractivity contribution in [3.8, 4) is 0 Å². The van der Waals surface area contributed by atoms with Crippen molar-refractivity contribution in [1.82, 2.24) is 10.3 Å². The lowest BCUT2D eigenvalue weighted by molar-refractivity contribution is 0.236. The molecule has 102 valence electrons. The van der Waals surface area contributed by atoms with E-state index in [0.29, 0.717) is 17.6 Å². The number of nitrogens with one attached hydrogen (secondary N) is 2. The smallest absolute Gasteiger partial charge is 0.321 e. The Morgan fingerprint density at radius 3 is 2.89 bits per heavy atom. The molecule has 0 aromatic carbocycles. The number of urea groups is 1. The fraction of sp³-hybridized carbons (Fsp3) is 0.667. The first-order chi connectivity index (χ1) is 8.65. The van der Waals surface area contributed by atoms with E-state index in [1.165, 1.54) is 11.3 Å². The predicted molar refractivity (Wildman–Crippen MR) is 74.0 cm³/mol. The summed E-state index contributed by atoms with van der Waals surface area (Å²) in [5.74, 6) is 0.337. The molecule has 0 aliphatic rings. The van der Waals surface area contributed by atoms with Crippen LogP contribution < -0.4 is 10.6 Å². The van der Waals surface area contributed by atoms with Crippen LogP contribution in [0.3, 0.4) is 0 Å². The second-order valence-electron chi connectivity index (χ2n) is 4.30. The third kappa shape index (κ3) is 5.46. The van der Waals surface area contributed by atoms with Gasteiger partial charge in [0.05, 0.1) is 5.69 Å². The van der Waals surface area contributed by atoms with Gasteiger partial charge in [0.15, 0.2) is 5.13 Å². The van der Waals surface area contributed by atoms with Gasteiger partial charge in [-0.05, 0) is 25.7 Å². The Morgan fingerprint density at radius 2 is 2.33 bits per heavy atom. The van der Waals surface area contributed by atoms with E-state index >= 15 is 0 Å². The average Bonchev–Trinajstić information content (AvgIpc) is 2.72. The Balaban J connectivity index is 2.30. The largest absolute Gasteiger partial charge is 0.396 e. The monoisotopic (exact) mass is 271 g/mol. The average molecular weight is 271 g/mol. The Bertz CT molecular complexity index is 362. The number of nitrogens with zero attached hydrogens (tertiary/aromatic N) is 1. The number of carbonyl (C=O) groups excluding carboxylic acids is 1. The van der Waals surface area contributed by atoms with E-state index in [-0.39, 0.29) is 12.6 Å². The lowest BCUT2D eigenvalue weighted by Crippen LogP contribution is -2.33. The van der Waals surface area contributed by atoms with Crippen LogP contribution in [0, 0.1) is 12.8 Å². The third-order valence-corrected chi connectivity index (χ3v) is 3.50. The molecule has 0 saturated carbocycles. The number of carbonyl (C=O) groups is 1. The summed E-state index contributed by atoms with van der Waals surface area (Å²) in [6.45, 7) is 4.74. The van der Waals surface area contributed by atoms with Crippen LogP contribution in [0.1, 0.15) is 31.9 Å². The summed E-state index contributed by atoms with van der Waals surface area (Å²) in [6, 6.07) is -0.233. The van der Waals surface area contributed by atoms with E-state index in [0.717, 1.165) is 25.0 Å². The van der Waals surface area contributed by atoms with Crippen LogP contribution in [0.5, 0.6) is 0 Å². The number of amides is 2. The van der Waals surface area contributed by atoms with E-state index in [1.54, 1.807) is 0 Å². The highest BCUT2D eigenvalue weighted by atomic mass is 32.1. The molecule has 1 rings (SSSR count). The summed E-state index contributed by atoms with van der Waals surface area (Å²) in [4.78, 5) is 15.8. The molecule has 1 aromatic heterocycles. The van der Waals surface area contributed by atoms with Gasteiger partial charge >= 0.3 is 6.03 Å². The first-order valence-corrected chi connectivity index (χ1v) is 7.11. The summed E-state index contributed by atoms with van der Waals surface area (Å²) in [6.07, 6.45) is 2.79. The van der Waals surface area contributed by atoms with Gasteiger partial charge in [-0.25, -0.2) is 9.78 Å². The zero-order chi connectivity index (χ0) is 13.4. The van der Waals surface area contributed by atoms with Crippen molar-refractivity contribution in [3.05, 3.63) is 11.1 Å². The number of aliphatic hydroxyl groups is 1. The van der Waals surface area contributed by atoms with Gasteiger partial charge in [0.1, 0.15) is 0 Å². The summed E-state index contributed by atoms with van der Waals surface area (Å²) < 4.78 is 0. The fourth-order valence-electron chi connectivity index (χ4n) is 1.73. The quantitative estimate of drug-likeness (QED) is 0.712. The molecule has 0 aliphatic carbocycles. The van der Waals surface area contributed by atoms with Gasteiger partial charge in [0.2, 0.25) is 0 Å². The molecular weight excluding hydrogens is 250 g/mol. The van der Waals surface area contributed by atoms with Crippen LogP contribution >= 0.6 is 11.3 Å². The van der Waals surface area contributed by atoms with Crippen molar-refractivity contribution in [1.29, 1.82) is 0 Å². The van der Waals surface area contributed by atoms with E-state index < -0.39 is 0 Å². The summed E-state index contributed by atoms with van der Waals surface area (Å²) >= 11 is 1.41. The topological polar surface area (TPSA) is 74.2 Å². The summed E-state index contributed by atoms with van der Waals surface area (Å²) in [5, 5.41) is 16.9. The molecule has 0 bridgehead atoms.